The fraction of sp³-hybridized carbons (Fsp3) is 0.600. The van der Waals surface area contributed by atoms with Crippen molar-refractivity contribution < 1.29 is 23.3 Å². The topological polar surface area (TPSA) is 85.3 Å². The number of ketones is 1. The Kier molecular flexibility index (Phi) is 8.97. The number of anilines is 1. The molecule has 7 nitrogen and oxygen atoms in total. The van der Waals surface area contributed by atoms with Crippen LogP contribution in [-0.2, 0) is 31.1 Å². The predicted molar refractivity (Wildman–Crippen MR) is 171 cm³/mol. The van der Waals surface area contributed by atoms with Crippen LogP contribution in [0.3, 0.4) is 0 Å². The largest absolute Gasteiger partial charge is 0.490 e. The smallest absolute Gasteiger partial charge is 0.285 e. The maximum atomic E-state index is 13.9. The van der Waals surface area contributed by atoms with Crippen LogP contribution in [0.2, 0.25) is 0 Å². The molecule has 2 bridgehead atoms. The molecular formula is C35H46N2O5S. The summed E-state index contributed by atoms with van der Waals surface area (Å²) < 4.78 is 30.9. The van der Waals surface area contributed by atoms with E-state index in [0.29, 0.717) is 30.4 Å². The van der Waals surface area contributed by atoms with E-state index in [1.165, 1.54) is 24.0 Å². The Bertz CT molecular complexity index is 1480. The van der Waals surface area contributed by atoms with E-state index in [4.69, 9.17) is 9.47 Å². The summed E-state index contributed by atoms with van der Waals surface area (Å²) in [6, 6.07) is 14.3. The number of fused-ring (bicyclic) bond motifs is 4. The molecule has 0 N–H and O–H groups in total. The Morgan fingerprint density at radius 3 is 2.77 bits per heavy atom. The summed E-state index contributed by atoms with van der Waals surface area (Å²) in [5.74, 6) is 1.24. The number of carbonyl (C=O) groups excluding carboxylic acids is 2. The van der Waals surface area contributed by atoms with Gasteiger partial charge in [0.25, 0.3) is 5.91 Å². The first-order valence-electron chi connectivity index (χ1n) is 16.2. The molecule has 1 amide bonds. The second kappa shape index (κ2) is 12.7. The summed E-state index contributed by atoms with van der Waals surface area (Å²) >= 11 is 0. The number of methoxy groups -OCH3 is 1. The molecule has 0 aromatic heterocycles. The summed E-state index contributed by atoms with van der Waals surface area (Å²) in [5.41, 5.74) is 3.95. The van der Waals surface area contributed by atoms with Gasteiger partial charge in [0.15, 0.2) is 0 Å². The van der Waals surface area contributed by atoms with Crippen LogP contribution < -0.4 is 9.64 Å². The van der Waals surface area contributed by atoms with E-state index in [1.54, 1.807) is 13.0 Å². The molecule has 0 saturated heterocycles. The lowest BCUT2D eigenvalue weighted by atomic mass is 9.68. The van der Waals surface area contributed by atoms with Gasteiger partial charge in [-0.3, -0.25) is 9.59 Å². The van der Waals surface area contributed by atoms with E-state index in [0.717, 1.165) is 63.1 Å². The molecule has 4 aliphatic rings. The maximum absolute atomic E-state index is 13.9. The Labute approximate surface area is 256 Å². The van der Waals surface area contributed by atoms with Crippen LogP contribution in [0.15, 0.2) is 46.8 Å². The average molecular weight is 607 g/mol. The molecule has 0 unspecified atom stereocenters. The standard InChI is InChI=1S/C35H46N2O5S/c1-3-28(38)22-43(40)19-8-4-5-13-32(41-2)29-16-14-27(29)21-37-23-35(18-9-11-25-10-6-7-12-30(25)35)24-42-33-17-15-26(20-31(33)37)34(39)36-43/h6-7,10,12,15,17,20,27,29,32H,3-5,8-9,11,13-14,16,18-19,21-24H2,1-2H3/t27-,29+,32-,35-,43+/m0/s1. The van der Waals surface area contributed by atoms with Gasteiger partial charge in [0.05, 0.1) is 33.9 Å². The molecule has 232 valence electrons. The van der Waals surface area contributed by atoms with Crippen LogP contribution in [0.4, 0.5) is 5.69 Å². The predicted octanol–water partition coefficient (Wildman–Crippen LogP) is 6.36. The number of amides is 1. The quantitative estimate of drug-likeness (QED) is 0.403. The van der Waals surface area contributed by atoms with Gasteiger partial charge in [-0.15, -0.1) is 0 Å². The summed E-state index contributed by atoms with van der Waals surface area (Å²) in [4.78, 5) is 28.5. The highest BCUT2D eigenvalue weighted by Gasteiger charge is 2.44. The zero-order valence-electron chi connectivity index (χ0n) is 25.7. The van der Waals surface area contributed by atoms with Crippen molar-refractivity contribution >= 4 is 27.1 Å². The molecule has 43 heavy (non-hydrogen) atoms. The van der Waals surface area contributed by atoms with Gasteiger partial charge in [-0.2, -0.15) is 4.36 Å². The molecule has 2 aliphatic heterocycles. The zero-order valence-corrected chi connectivity index (χ0v) is 26.5. The van der Waals surface area contributed by atoms with Crippen molar-refractivity contribution in [1.82, 2.24) is 0 Å². The normalized spacial score (nSPS) is 31.1. The molecule has 5 atom stereocenters. The minimum Gasteiger partial charge on any atom is -0.490 e. The van der Waals surface area contributed by atoms with Crippen LogP contribution in [0.1, 0.15) is 86.2 Å². The molecule has 6 rings (SSSR count). The molecular weight excluding hydrogens is 560 g/mol. The van der Waals surface area contributed by atoms with Crippen molar-refractivity contribution in [3.8, 4) is 5.75 Å². The minimum absolute atomic E-state index is 0.119. The lowest BCUT2D eigenvalue weighted by molar-refractivity contribution is -0.116. The van der Waals surface area contributed by atoms with Gasteiger partial charge in [-0.25, -0.2) is 4.21 Å². The summed E-state index contributed by atoms with van der Waals surface area (Å²) in [5, 5.41) is 0. The zero-order chi connectivity index (χ0) is 30.0. The van der Waals surface area contributed by atoms with Crippen molar-refractivity contribution in [3.05, 3.63) is 59.2 Å². The van der Waals surface area contributed by atoms with E-state index < -0.39 is 15.6 Å². The summed E-state index contributed by atoms with van der Waals surface area (Å²) in [6.45, 7) is 4.04. The number of ether oxygens (including phenoxy) is 2. The van der Waals surface area contributed by atoms with Crippen LogP contribution in [0.5, 0.6) is 5.75 Å². The van der Waals surface area contributed by atoms with Crippen LogP contribution in [0.25, 0.3) is 0 Å². The van der Waals surface area contributed by atoms with Crippen LogP contribution in [0, 0.1) is 11.8 Å². The number of hydrogen-bond acceptors (Lipinski definition) is 6. The van der Waals surface area contributed by atoms with Crippen molar-refractivity contribution in [2.45, 2.75) is 82.7 Å². The van der Waals surface area contributed by atoms with E-state index in [1.807, 2.05) is 19.2 Å². The molecule has 2 aromatic rings. The molecule has 0 radical (unpaired) electrons. The third-order valence-corrected chi connectivity index (χ3v) is 12.6. The van der Waals surface area contributed by atoms with Gasteiger partial charge in [-0.1, -0.05) is 44.0 Å². The van der Waals surface area contributed by atoms with E-state index in [2.05, 4.69) is 33.5 Å². The fourth-order valence-electron chi connectivity index (χ4n) is 7.87. The Balaban J connectivity index is 1.42. The van der Waals surface area contributed by atoms with Gasteiger partial charge >= 0.3 is 0 Å². The van der Waals surface area contributed by atoms with Crippen LogP contribution >= 0.6 is 0 Å². The summed E-state index contributed by atoms with van der Waals surface area (Å²) in [7, 11) is -1.17. The monoisotopic (exact) mass is 606 g/mol. The first-order chi connectivity index (χ1) is 20.8. The number of rotatable bonds is 4. The molecule has 1 spiro atoms. The minimum atomic E-state index is -3.00. The van der Waals surface area contributed by atoms with Crippen LogP contribution in [-0.4, -0.2) is 60.3 Å². The van der Waals surface area contributed by atoms with Crippen molar-refractivity contribution in [3.63, 3.8) is 0 Å². The Morgan fingerprint density at radius 1 is 1.12 bits per heavy atom. The first-order valence-corrected chi connectivity index (χ1v) is 18.1. The Morgan fingerprint density at radius 2 is 1.98 bits per heavy atom. The number of benzene rings is 2. The molecule has 1 fully saturated rings. The van der Waals surface area contributed by atoms with E-state index >= 15 is 0 Å². The Hall–Kier alpha value is -2.71. The highest BCUT2D eigenvalue weighted by molar-refractivity contribution is 7.94. The highest BCUT2D eigenvalue weighted by atomic mass is 32.2. The number of aryl methyl sites for hydroxylation is 1. The van der Waals surface area contributed by atoms with Gasteiger partial charge in [0.1, 0.15) is 11.5 Å². The molecule has 2 aliphatic carbocycles. The lowest BCUT2D eigenvalue weighted by Gasteiger charge is -2.46. The average Bonchev–Trinajstić information content (AvgIpc) is 3.15. The summed E-state index contributed by atoms with van der Waals surface area (Å²) in [6.07, 6.45) is 9.56. The molecule has 2 heterocycles. The third kappa shape index (κ3) is 6.28. The van der Waals surface area contributed by atoms with Gasteiger partial charge in [0, 0.05) is 43.4 Å². The number of Topliss-reactive ketones (excluding diaryl/α,β-unsaturated/α-hetero) is 1. The highest BCUT2D eigenvalue weighted by Crippen LogP contribution is 2.47. The van der Waals surface area contributed by atoms with Crippen molar-refractivity contribution in [2.75, 3.05) is 43.2 Å². The van der Waals surface area contributed by atoms with Crippen molar-refractivity contribution in [2.24, 2.45) is 16.2 Å². The van der Waals surface area contributed by atoms with Gasteiger partial charge in [0.2, 0.25) is 0 Å². The SMILES string of the molecule is CCC(=O)C[S@@]1(=O)=NC(=O)c2ccc3c(c2)N(C[C@@H]2CC[C@H]2[C@@H](OC)CCCCC1)C[C@@]1(CCCc2ccccc21)CO3. The number of hydrogen-bond donors (Lipinski definition) is 0. The second-order valence-electron chi connectivity index (χ2n) is 13.2. The number of nitrogens with zero attached hydrogens (tertiary/aromatic N) is 2. The molecule has 2 aromatic carbocycles. The third-order valence-electron chi connectivity index (χ3n) is 10.4. The lowest BCUT2D eigenvalue weighted by Crippen LogP contribution is -2.49. The van der Waals surface area contributed by atoms with Crippen molar-refractivity contribution in [1.29, 1.82) is 0 Å². The first kappa shape index (κ1) is 30.3. The molecule has 8 heteroatoms. The van der Waals surface area contributed by atoms with E-state index in [-0.39, 0.29) is 35.2 Å². The maximum Gasteiger partial charge on any atom is 0.285 e. The number of carbonyl (C=O) groups is 2. The molecule has 1 saturated carbocycles. The van der Waals surface area contributed by atoms with E-state index in [9.17, 15) is 13.8 Å². The fourth-order valence-corrected chi connectivity index (χ4v) is 9.94. The van der Waals surface area contributed by atoms with Gasteiger partial charge in [-0.05, 0) is 86.1 Å². The second-order valence-corrected chi connectivity index (χ2v) is 15.6. The van der Waals surface area contributed by atoms with Gasteiger partial charge < -0.3 is 14.4 Å².